The molecule has 0 aromatic heterocycles. The minimum Gasteiger partial charge on any atom is -0.368 e. The van der Waals surface area contributed by atoms with Crippen LogP contribution in [0.25, 0.3) is 0 Å². The second kappa shape index (κ2) is 5.60. The molecule has 0 heterocycles. The molecule has 3 unspecified atom stereocenters. The van der Waals surface area contributed by atoms with Gasteiger partial charge in [0.1, 0.15) is 0 Å². The lowest BCUT2D eigenvalue weighted by molar-refractivity contribution is -0.127. The molecule has 3 N–H and O–H groups in total. The van der Waals surface area contributed by atoms with Crippen LogP contribution in [0.15, 0.2) is 0 Å². The molecule has 2 aliphatic carbocycles. The van der Waals surface area contributed by atoms with Crippen LogP contribution in [0.1, 0.15) is 65.2 Å². The van der Waals surface area contributed by atoms with Crippen molar-refractivity contribution < 1.29 is 4.79 Å². The Kier molecular flexibility index (Phi) is 4.31. The second-order valence-corrected chi connectivity index (χ2v) is 6.62. The molecule has 0 aliphatic heterocycles. The van der Waals surface area contributed by atoms with Gasteiger partial charge in [-0.3, -0.25) is 4.79 Å². The van der Waals surface area contributed by atoms with Crippen molar-refractivity contribution in [1.82, 2.24) is 5.32 Å². The van der Waals surface area contributed by atoms with Crippen molar-refractivity contribution >= 4 is 5.91 Å². The van der Waals surface area contributed by atoms with Gasteiger partial charge in [-0.05, 0) is 43.9 Å². The summed E-state index contributed by atoms with van der Waals surface area (Å²) in [4.78, 5) is 12.0. The Hall–Kier alpha value is -0.570. The maximum atomic E-state index is 12.0. The van der Waals surface area contributed by atoms with Crippen molar-refractivity contribution in [2.45, 2.75) is 76.8 Å². The summed E-state index contributed by atoms with van der Waals surface area (Å²) < 4.78 is 0. The molecule has 0 spiro atoms. The first-order valence-electron chi connectivity index (χ1n) is 7.61. The Balaban J connectivity index is 2.04. The molecule has 0 radical (unpaired) electrons. The summed E-state index contributed by atoms with van der Waals surface area (Å²) in [6, 6.07) is 0.506. The van der Waals surface area contributed by atoms with Crippen LogP contribution in [0.4, 0.5) is 0 Å². The van der Waals surface area contributed by atoms with Crippen LogP contribution in [0, 0.1) is 11.8 Å². The number of hydrogen-bond donors (Lipinski definition) is 2. The summed E-state index contributed by atoms with van der Waals surface area (Å²) in [6.07, 6.45) is 9.29. The fourth-order valence-corrected chi connectivity index (χ4v) is 3.68. The van der Waals surface area contributed by atoms with Crippen LogP contribution in [0.3, 0.4) is 0 Å². The minimum absolute atomic E-state index is 0.133. The van der Waals surface area contributed by atoms with Crippen LogP contribution in [-0.4, -0.2) is 17.5 Å². The molecule has 3 atom stereocenters. The van der Waals surface area contributed by atoms with Gasteiger partial charge in [-0.15, -0.1) is 0 Å². The summed E-state index contributed by atoms with van der Waals surface area (Å²) in [6.45, 7) is 4.54. The summed E-state index contributed by atoms with van der Waals surface area (Å²) in [5, 5.41) is 3.65. The maximum absolute atomic E-state index is 12.0. The van der Waals surface area contributed by atoms with Gasteiger partial charge in [0.25, 0.3) is 0 Å². The van der Waals surface area contributed by atoms with Crippen molar-refractivity contribution in [2.24, 2.45) is 17.6 Å². The van der Waals surface area contributed by atoms with Crippen molar-refractivity contribution in [3.05, 3.63) is 0 Å². The third kappa shape index (κ3) is 2.87. The lowest BCUT2D eigenvalue weighted by atomic mass is 9.70. The van der Waals surface area contributed by atoms with E-state index in [2.05, 4.69) is 19.2 Å². The summed E-state index contributed by atoms with van der Waals surface area (Å²) in [5.41, 5.74) is 5.30. The Morgan fingerprint density at radius 2 is 1.78 bits per heavy atom. The Labute approximate surface area is 111 Å². The van der Waals surface area contributed by atoms with Crippen molar-refractivity contribution in [1.29, 1.82) is 0 Å². The quantitative estimate of drug-likeness (QED) is 0.811. The van der Waals surface area contributed by atoms with Crippen LogP contribution < -0.4 is 11.1 Å². The number of hydrogen-bond acceptors (Lipinski definition) is 2. The number of amides is 1. The third-order valence-corrected chi connectivity index (χ3v) is 5.23. The first kappa shape index (κ1) is 13.9. The second-order valence-electron chi connectivity index (χ2n) is 6.62. The fraction of sp³-hybridized carbons (Fsp3) is 0.933. The number of carbonyl (C=O) groups excluding carboxylic acids is 1. The molecule has 104 valence electrons. The van der Waals surface area contributed by atoms with Gasteiger partial charge in [-0.1, -0.05) is 33.1 Å². The van der Waals surface area contributed by atoms with E-state index < -0.39 is 5.54 Å². The highest BCUT2D eigenvalue weighted by Crippen LogP contribution is 2.37. The zero-order valence-electron chi connectivity index (χ0n) is 11.9. The van der Waals surface area contributed by atoms with Crippen LogP contribution in [0.2, 0.25) is 0 Å². The molecule has 2 rings (SSSR count). The van der Waals surface area contributed by atoms with E-state index in [4.69, 9.17) is 5.73 Å². The van der Waals surface area contributed by atoms with E-state index in [0.717, 1.165) is 19.3 Å². The molecule has 2 aliphatic rings. The van der Waals surface area contributed by atoms with Crippen molar-refractivity contribution in [3.8, 4) is 0 Å². The highest BCUT2D eigenvalue weighted by Gasteiger charge is 2.43. The van der Waals surface area contributed by atoms with E-state index in [9.17, 15) is 4.79 Å². The van der Waals surface area contributed by atoms with Crippen LogP contribution in [-0.2, 0) is 4.79 Å². The van der Waals surface area contributed by atoms with Crippen LogP contribution in [0.5, 0.6) is 0 Å². The normalized spacial score (nSPS) is 38.6. The summed E-state index contributed by atoms with van der Waals surface area (Å²) in [5.74, 6) is 1.17. The Morgan fingerprint density at radius 1 is 1.11 bits per heavy atom. The lowest BCUT2D eigenvalue weighted by Gasteiger charge is -2.44. The molecular formula is C15H28N2O. The van der Waals surface area contributed by atoms with Gasteiger partial charge in [0, 0.05) is 6.04 Å². The topological polar surface area (TPSA) is 55.1 Å². The lowest BCUT2D eigenvalue weighted by Crippen LogP contribution is -2.61. The van der Waals surface area contributed by atoms with E-state index in [0.29, 0.717) is 17.9 Å². The number of rotatable bonds is 3. The minimum atomic E-state index is -0.423. The standard InChI is InChI=1S/C15H28N2O/c1-11-8-9-15(14(16)18,10-12(11)2)17-13-6-4-3-5-7-13/h11-13,17H,3-10H2,1-2H3,(H2,16,18). The smallest absolute Gasteiger partial charge is 0.237 e. The number of nitrogens with two attached hydrogens (primary N) is 1. The molecule has 0 aromatic rings. The number of primary amides is 1. The zero-order chi connectivity index (χ0) is 13.2. The Bertz CT molecular complexity index is 299. The fourth-order valence-electron chi connectivity index (χ4n) is 3.68. The van der Waals surface area contributed by atoms with Gasteiger partial charge < -0.3 is 11.1 Å². The van der Waals surface area contributed by atoms with E-state index in [-0.39, 0.29) is 5.91 Å². The van der Waals surface area contributed by atoms with Gasteiger partial charge in [-0.25, -0.2) is 0 Å². The maximum Gasteiger partial charge on any atom is 0.237 e. The monoisotopic (exact) mass is 252 g/mol. The predicted molar refractivity (Wildman–Crippen MR) is 74.1 cm³/mol. The average molecular weight is 252 g/mol. The number of nitrogens with one attached hydrogen (secondary N) is 1. The van der Waals surface area contributed by atoms with Gasteiger partial charge in [0.15, 0.2) is 0 Å². The van der Waals surface area contributed by atoms with Crippen LogP contribution >= 0.6 is 0 Å². The first-order valence-corrected chi connectivity index (χ1v) is 7.61. The molecule has 0 saturated heterocycles. The van der Waals surface area contributed by atoms with E-state index in [1.165, 1.54) is 32.1 Å². The van der Waals surface area contributed by atoms with Gasteiger partial charge >= 0.3 is 0 Å². The summed E-state index contributed by atoms with van der Waals surface area (Å²) >= 11 is 0. The number of carbonyl (C=O) groups is 1. The average Bonchev–Trinajstić information content (AvgIpc) is 2.35. The van der Waals surface area contributed by atoms with Crippen molar-refractivity contribution in [2.75, 3.05) is 0 Å². The zero-order valence-corrected chi connectivity index (χ0v) is 11.9. The molecular weight excluding hydrogens is 224 g/mol. The molecule has 1 amide bonds. The molecule has 3 heteroatoms. The van der Waals surface area contributed by atoms with E-state index in [1.54, 1.807) is 0 Å². The summed E-state index contributed by atoms with van der Waals surface area (Å²) in [7, 11) is 0. The SMILES string of the molecule is CC1CCC(NC2CCCCC2)(C(N)=O)CC1C. The highest BCUT2D eigenvalue weighted by molar-refractivity contribution is 5.84. The third-order valence-electron chi connectivity index (χ3n) is 5.23. The van der Waals surface area contributed by atoms with Crippen molar-refractivity contribution in [3.63, 3.8) is 0 Å². The highest BCUT2D eigenvalue weighted by atomic mass is 16.1. The first-order chi connectivity index (χ1) is 8.53. The Morgan fingerprint density at radius 3 is 2.33 bits per heavy atom. The molecule has 2 saturated carbocycles. The molecule has 2 fully saturated rings. The molecule has 3 nitrogen and oxygen atoms in total. The van der Waals surface area contributed by atoms with E-state index >= 15 is 0 Å². The predicted octanol–water partition coefficient (Wildman–Crippen LogP) is 2.59. The molecule has 0 bridgehead atoms. The molecule has 18 heavy (non-hydrogen) atoms. The van der Waals surface area contributed by atoms with Gasteiger partial charge in [0.2, 0.25) is 5.91 Å². The molecule has 0 aromatic carbocycles. The van der Waals surface area contributed by atoms with E-state index in [1.807, 2.05) is 0 Å². The van der Waals surface area contributed by atoms with Gasteiger partial charge in [-0.2, -0.15) is 0 Å². The van der Waals surface area contributed by atoms with Gasteiger partial charge in [0.05, 0.1) is 5.54 Å². The largest absolute Gasteiger partial charge is 0.368 e.